The van der Waals surface area contributed by atoms with Crippen LogP contribution in [0, 0.1) is 12.7 Å². The fourth-order valence-electron chi connectivity index (χ4n) is 3.47. The molecule has 1 unspecified atom stereocenters. The molecule has 10 nitrogen and oxygen atoms in total. The van der Waals surface area contributed by atoms with Crippen LogP contribution in [0.3, 0.4) is 0 Å². The number of hydrogen-bond acceptors (Lipinski definition) is 6. The Bertz CT molecular complexity index is 1320. The molecule has 0 aliphatic carbocycles. The monoisotopic (exact) mass is 484 g/mol. The molecule has 0 radical (unpaired) electrons. The first-order chi connectivity index (χ1) is 16.7. The molecule has 1 atom stereocenters. The van der Waals surface area contributed by atoms with Gasteiger partial charge in [0.15, 0.2) is 12.6 Å². The molecule has 0 spiro atoms. The molecule has 3 rings (SSSR count). The Balaban J connectivity index is 1.68. The quantitative estimate of drug-likeness (QED) is 0.192. The number of fused-ring (bicyclic) bond motifs is 1. The van der Waals surface area contributed by atoms with Crippen LogP contribution in [-0.2, 0) is 9.59 Å². The number of amides is 1. The Morgan fingerprint density at radius 2 is 1.91 bits per heavy atom. The number of ether oxygens (including phenoxy) is 1. The number of aliphatic carboxylic acids is 1. The highest BCUT2D eigenvalue weighted by Gasteiger charge is 2.20. The van der Waals surface area contributed by atoms with Crippen molar-refractivity contribution >= 4 is 28.8 Å². The lowest BCUT2D eigenvalue weighted by atomic mass is 10.0. The molecule has 0 saturated carbocycles. The predicted molar refractivity (Wildman–Crippen MR) is 128 cm³/mol. The lowest BCUT2D eigenvalue weighted by Gasteiger charge is -2.14. The molecule has 0 aliphatic rings. The van der Waals surface area contributed by atoms with Gasteiger partial charge in [-0.05, 0) is 49.6 Å². The topological polar surface area (TPSA) is 170 Å². The summed E-state index contributed by atoms with van der Waals surface area (Å²) in [6.45, 7) is 1.42. The summed E-state index contributed by atoms with van der Waals surface area (Å²) in [7, 11) is 0. The molecule has 1 heterocycles. The van der Waals surface area contributed by atoms with E-state index < -0.39 is 30.3 Å². The van der Waals surface area contributed by atoms with Crippen LogP contribution in [0.25, 0.3) is 22.1 Å². The number of aliphatic imine (C=N–C) groups is 1. The fourth-order valence-corrected chi connectivity index (χ4v) is 3.47. The van der Waals surface area contributed by atoms with Crippen LogP contribution in [-0.4, -0.2) is 42.1 Å². The minimum atomic E-state index is -1.19. The number of aryl methyl sites for hydroxylation is 1. The Morgan fingerprint density at radius 1 is 1.20 bits per heavy atom. The van der Waals surface area contributed by atoms with Crippen molar-refractivity contribution in [2.45, 2.75) is 25.8 Å². The van der Waals surface area contributed by atoms with E-state index in [2.05, 4.69) is 10.3 Å². The summed E-state index contributed by atoms with van der Waals surface area (Å²) in [5.41, 5.74) is 11.3. The molecule has 184 valence electrons. The number of guanidine groups is 1. The lowest BCUT2D eigenvalue weighted by molar-refractivity contribution is -0.142. The van der Waals surface area contributed by atoms with E-state index in [0.29, 0.717) is 28.7 Å². The van der Waals surface area contributed by atoms with Crippen molar-refractivity contribution in [2.75, 3.05) is 13.2 Å². The van der Waals surface area contributed by atoms with Gasteiger partial charge in [-0.25, -0.2) is 9.18 Å². The third-order valence-corrected chi connectivity index (χ3v) is 5.12. The maximum Gasteiger partial charge on any atom is 0.326 e. The standard InChI is InChI=1S/C24H25FN4O6/c1-13-21(14-4-6-15(25)7-5-14)22(31)17-9-8-16(11-19(17)35-13)34-12-20(30)29-18(23(32)33)3-2-10-28-24(26)27/h4-9,11,18H,2-3,10,12H2,1H3,(H,29,30)(H,32,33)(H4,26,27,28). The lowest BCUT2D eigenvalue weighted by Crippen LogP contribution is -2.43. The van der Waals surface area contributed by atoms with Crippen LogP contribution in [0.1, 0.15) is 18.6 Å². The molecule has 0 aliphatic heterocycles. The van der Waals surface area contributed by atoms with Gasteiger partial charge in [-0.1, -0.05) is 12.1 Å². The van der Waals surface area contributed by atoms with Crippen LogP contribution in [0.15, 0.2) is 56.7 Å². The van der Waals surface area contributed by atoms with E-state index in [-0.39, 0.29) is 35.7 Å². The average molecular weight is 484 g/mol. The molecule has 0 saturated heterocycles. The number of hydrogen-bond donors (Lipinski definition) is 4. The van der Waals surface area contributed by atoms with E-state index in [0.717, 1.165) is 0 Å². The number of nitrogens with zero attached hydrogens (tertiary/aromatic N) is 1. The van der Waals surface area contributed by atoms with Gasteiger partial charge in [0.1, 0.15) is 29.0 Å². The first-order valence-electron chi connectivity index (χ1n) is 10.7. The number of nitrogens with one attached hydrogen (secondary N) is 1. The number of halogens is 1. The van der Waals surface area contributed by atoms with Crippen LogP contribution in [0.4, 0.5) is 4.39 Å². The molecule has 3 aromatic rings. The van der Waals surface area contributed by atoms with Gasteiger partial charge < -0.3 is 31.0 Å². The summed E-state index contributed by atoms with van der Waals surface area (Å²) in [6, 6.07) is 8.88. The molecule has 6 N–H and O–H groups in total. The summed E-state index contributed by atoms with van der Waals surface area (Å²) >= 11 is 0. The second-order valence-corrected chi connectivity index (χ2v) is 7.72. The minimum absolute atomic E-state index is 0.0950. The zero-order valence-electron chi connectivity index (χ0n) is 18.9. The predicted octanol–water partition coefficient (Wildman–Crippen LogP) is 1.91. The van der Waals surface area contributed by atoms with Crippen molar-refractivity contribution in [3.63, 3.8) is 0 Å². The zero-order valence-corrected chi connectivity index (χ0v) is 18.9. The Hall–Kier alpha value is -4.41. The van der Waals surface area contributed by atoms with E-state index >= 15 is 0 Å². The van der Waals surface area contributed by atoms with Gasteiger partial charge >= 0.3 is 5.97 Å². The molecule has 0 bridgehead atoms. The number of carbonyl (C=O) groups excluding carboxylic acids is 1. The van der Waals surface area contributed by atoms with Gasteiger partial charge in [-0.2, -0.15) is 0 Å². The number of rotatable bonds is 10. The van der Waals surface area contributed by atoms with Crippen molar-refractivity contribution in [1.29, 1.82) is 0 Å². The van der Waals surface area contributed by atoms with Gasteiger partial charge in [0.25, 0.3) is 5.91 Å². The van der Waals surface area contributed by atoms with Crippen molar-refractivity contribution in [2.24, 2.45) is 16.5 Å². The van der Waals surface area contributed by atoms with Crippen molar-refractivity contribution < 1.29 is 28.2 Å². The van der Waals surface area contributed by atoms with Gasteiger partial charge in [-0.15, -0.1) is 0 Å². The number of benzene rings is 2. The second-order valence-electron chi connectivity index (χ2n) is 7.72. The molecule has 0 fully saturated rings. The first kappa shape index (κ1) is 25.2. The summed E-state index contributed by atoms with van der Waals surface area (Å²) in [5.74, 6) is -1.74. The molecule has 1 aromatic heterocycles. The van der Waals surface area contributed by atoms with Crippen molar-refractivity contribution in [3.8, 4) is 16.9 Å². The minimum Gasteiger partial charge on any atom is -0.484 e. The SMILES string of the molecule is Cc1oc2cc(OCC(=O)NC(CCCN=C(N)N)C(=O)O)ccc2c(=O)c1-c1ccc(F)cc1. The molecule has 35 heavy (non-hydrogen) atoms. The Morgan fingerprint density at radius 3 is 2.57 bits per heavy atom. The van der Waals surface area contributed by atoms with Crippen LogP contribution in [0.5, 0.6) is 5.75 Å². The number of nitrogens with two attached hydrogens (primary N) is 2. The third kappa shape index (κ3) is 6.56. The fraction of sp³-hybridized carbons (Fsp3) is 0.250. The number of carbonyl (C=O) groups is 2. The van der Waals surface area contributed by atoms with Gasteiger partial charge in [0, 0.05) is 12.6 Å². The summed E-state index contributed by atoms with van der Waals surface area (Å²) in [5, 5.41) is 12.0. The highest BCUT2D eigenvalue weighted by atomic mass is 19.1. The number of carboxylic acid groups (broad SMARTS) is 1. The van der Waals surface area contributed by atoms with Crippen molar-refractivity contribution in [3.05, 3.63) is 64.3 Å². The summed E-state index contributed by atoms with van der Waals surface area (Å²) in [6.07, 6.45) is 0.494. The van der Waals surface area contributed by atoms with Gasteiger partial charge in [-0.3, -0.25) is 14.6 Å². The molecular weight excluding hydrogens is 459 g/mol. The zero-order chi connectivity index (χ0) is 25.5. The highest BCUT2D eigenvalue weighted by molar-refractivity contribution is 5.85. The summed E-state index contributed by atoms with van der Waals surface area (Å²) < 4.78 is 24.5. The maximum atomic E-state index is 13.2. The number of carboxylic acids is 1. The van der Waals surface area contributed by atoms with Crippen molar-refractivity contribution in [1.82, 2.24) is 5.32 Å². The third-order valence-electron chi connectivity index (χ3n) is 5.12. The van der Waals surface area contributed by atoms with E-state index in [9.17, 15) is 23.9 Å². The van der Waals surface area contributed by atoms with Crippen LogP contribution in [0.2, 0.25) is 0 Å². The normalized spacial score (nSPS) is 11.6. The molecular formula is C24H25FN4O6. The van der Waals surface area contributed by atoms with E-state index in [1.165, 1.54) is 42.5 Å². The molecule has 2 aromatic carbocycles. The first-order valence-corrected chi connectivity index (χ1v) is 10.7. The average Bonchev–Trinajstić information content (AvgIpc) is 2.80. The Kier molecular flexibility index (Phi) is 8.03. The van der Waals surface area contributed by atoms with E-state index in [1.54, 1.807) is 6.92 Å². The summed E-state index contributed by atoms with van der Waals surface area (Å²) in [4.78, 5) is 40.4. The van der Waals surface area contributed by atoms with Gasteiger partial charge in [0.05, 0.1) is 10.9 Å². The molecule has 1 amide bonds. The maximum absolute atomic E-state index is 13.2. The smallest absolute Gasteiger partial charge is 0.326 e. The van der Waals surface area contributed by atoms with Gasteiger partial charge in [0.2, 0.25) is 5.43 Å². The van der Waals surface area contributed by atoms with E-state index in [4.69, 9.17) is 20.6 Å². The van der Waals surface area contributed by atoms with E-state index in [1.807, 2.05) is 0 Å². The Labute approximate surface area is 199 Å². The highest BCUT2D eigenvalue weighted by Crippen LogP contribution is 2.26. The molecule has 11 heteroatoms. The largest absolute Gasteiger partial charge is 0.484 e. The van der Waals surface area contributed by atoms with Crippen LogP contribution >= 0.6 is 0 Å². The second kappa shape index (κ2) is 11.1. The van der Waals surface area contributed by atoms with Crippen LogP contribution < -0.4 is 26.9 Å².